The van der Waals surface area contributed by atoms with Gasteiger partial charge in [0.1, 0.15) is 16.9 Å². The first kappa shape index (κ1) is 17.8. The Balaban J connectivity index is 1.67. The Bertz CT molecular complexity index is 1220. The Morgan fingerprint density at radius 3 is 2.66 bits per heavy atom. The first-order chi connectivity index (χ1) is 14.2. The van der Waals surface area contributed by atoms with Crippen molar-refractivity contribution < 1.29 is 4.79 Å². The zero-order valence-corrected chi connectivity index (χ0v) is 16.5. The van der Waals surface area contributed by atoms with Crippen molar-refractivity contribution in [2.75, 3.05) is 5.73 Å². The highest BCUT2D eigenvalue weighted by Gasteiger charge is 2.26. The molecule has 3 N–H and O–H groups in total. The van der Waals surface area contributed by atoms with Gasteiger partial charge in [-0.25, -0.2) is 9.97 Å². The van der Waals surface area contributed by atoms with E-state index in [2.05, 4.69) is 10.4 Å². The summed E-state index contributed by atoms with van der Waals surface area (Å²) in [7, 11) is 0. The van der Waals surface area contributed by atoms with E-state index in [-0.39, 0.29) is 17.8 Å². The van der Waals surface area contributed by atoms with Crippen molar-refractivity contribution in [2.24, 2.45) is 5.10 Å². The highest BCUT2D eigenvalue weighted by molar-refractivity contribution is 7.11. The van der Waals surface area contributed by atoms with Crippen LogP contribution in [0.3, 0.4) is 0 Å². The second kappa shape index (κ2) is 7.29. The summed E-state index contributed by atoms with van der Waals surface area (Å²) in [5.74, 6) is 0.0349. The lowest BCUT2D eigenvalue weighted by atomic mass is 10.2. The van der Waals surface area contributed by atoms with Gasteiger partial charge in [-0.15, -0.1) is 11.3 Å². The number of thiophene rings is 1. The van der Waals surface area contributed by atoms with Crippen LogP contribution in [0, 0.1) is 0 Å². The van der Waals surface area contributed by atoms with Gasteiger partial charge in [0.25, 0.3) is 5.91 Å². The summed E-state index contributed by atoms with van der Waals surface area (Å²) < 4.78 is 1.51. The molecule has 0 spiro atoms. The largest absolute Gasteiger partial charge is 0.383 e. The van der Waals surface area contributed by atoms with Crippen molar-refractivity contribution in [3.05, 3.63) is 52.2 Å². The molecule has 1 saturated carbocycles. The minimum absolute atomic E-state index is 0.184. The fourth-order valence-corrected chi connectivity index (χ4v) is 4.37. The number of nitrogen functional groups attached to an aromatic ring is 1. The lowest BCUT2D eigenvalue weighted by molar-refractivity contribution is 0.0940. The monoisotopic (exact) mass is 404 g/mol. The van der Waals surface area contributed by atoms with Gasteiger partial charge in [0, 0.05) is 10.9 Å². The molecule has 1 aromatic carbocycles. The predicted molar refractivity (Wildman–Crippen MR) is 116 cm³/mol. The van der Waals surface area contributed by atoms with Crippen LogP contribution in [0.25, 0.3) is 22.2 Å². The number of anilines is 1. The van der Waals surface area contributed by atoms with E-state index in [1.807, 2.05) is 41.8 Å². The summed E-state index contributed by atoms with van der Waals surface area (Å²) in [6.45, 7) is 0. The van der Waals surface area contributed by atoms with E-state index < -0.39 is 0 Å². The molecule has 4 aromatic rings. The molecule has 0 saturated heterocycles. The van der Waals surface area contributed by atoms with E-state index in [4.69, 9.17) is 15.7 Å². The standard InChI is InChI=1S/C21H20N6OS/c22-19-17(21(28)24-13-6-1-2-7-13)18-20(26-16-10-4-3-9-15(16)25-18)27(19)23-12-14-8-5-11-29-14/h3-5,8-13H,1-2,6-7,22H2,(H,24,28)/b23-12-. The van der Waals surface area contributed by atoms with Crippen molar-refractivity contribution in [1.29, 1.82) is 0 Å². The summed E-state index contributed by atoms with van der Waals surface area (Å²) >= 11 is 1.57. The minimum Gasteiger partial charge on any atom is -0.383 e. The Morgan fingerprint density at radius 1 is 1.17 bits per heavy atom. The number of carbonyl (C=O) groups is 1. The number of nitrogens with one attached hydrogen (secondary N) is 1. The van der Waals surface area contributed by atoms with Crippen LogP contribution in [0.5, 0.6) is 0 Å². The third-order valence-corrected chi connectivity index (χ3v) is 6.04. The second-order valence-corrected chi connectivity index (χ2v) is 8.15. The molecule has 1 aliphatic rings. The SMILES string of the molecule is Nc1c(C(=O)NC2CCCC2)c2nc3ccccc3nc2n1/N=C\c1cccs1. The highest BCUT2D eigenvalue weighted by atomic mass is 32.1. The third-order valence-electron chi connectivity index (χ3n) is 5.23. The van der Waals surface area contributed by atoms with Gasteiger partial charge in [-0.2, -0.15) is 9.78 Å². The van der Waals surface area contributed by atoms with Crippen molar-refractivity contribution in [3.63, 3.8) is 0 Å². The first-order valence-electron chi connectivity index (χ1n) is 9.66. The van der Waals surface area contributed by atoms with E-state index in [0.717, 1.165) is 36.1 Å². The van der Waals surface area contributed by atoms with Crippen LogP contribution >= 0.6 is 11.3 Å². The van der Waals surface area contributed by atoms with E-state index >= 15 is 0 Å². The van der Waals surface area contributed by atoms with Gasteiger partial charge in [0.05, 0.1) is 17.2 Å². The third kappa shape index (κ3) is 3.25. The van der Waals surface area contributed by atoms with Crippen LogP contribution in [0.2, 0.25) is 0 Å². The van der Waals surface area contributed by atoms with Crippen LogP contribution < -0.4 is 11.1 Å². The Labute approximate surface area is 171 Å². The number of hydrogen-bond acceptors (Lipinski definition) is 6. The van der Waals surface area contributed by atoms with Gasteiger partial charge in [-0.1, -0.05) is 31.0 Å². The summed E-state index contributed by atoms with van der Waals surface area (Å²) in [6, 6.07) is 11.7. The molecule has 0 bridgehead atoms. The van der Waals surface area contributed by atoms with Crippen LogP contribution in [0.15, 0.2) is 46.9 Å². The summed E-state index contributed by atoms with van der Waals surface area (Å²) in [4.78, 5) is 23.5. The number of benzene rings is 1. The number of nitrogens with two attached hydrogens (primary N) is 1. The molecule has 8 heteroatoms. The Hall–Kier alpha value is -3.26. The molecule has 0 radical (unpaired) electrons. The quantitative estimate of drug-likeness (QED) is 0.506. The molecular formula is C21H20N6OS. The molecule has 3 aromatic heterocycles. The number of carbonyl (C=O) groups excluding carboxylic acids is 1. The number of fused-ring (bicyclic) bond motifs is 2. The molecular weight excluding hydrogens is 384 g/mol. The van der Waals surface area contributed by atoms with E-state index in [1.54, 1.807) is 17.6 Å². The second-order valence-electron chi connectivity index (χ2n) is 7.17. The van der Waals surface area contributed by atoms with Gasteiger partial charge in [0.2, 0.25) is 0 Å². The topological polar surface area (TPSA) is 98.2 Å². The molecule has 3 heterocycles. The smallest absolute Gasteiger partial charge is 0.257 e. The maximum atomic E-state index is 13.1. The number of rotatable bonds is 4. The molecule has 29 heavy (non-hydrogen) atoms. The van der Waals surface area contributed by atoms with E-state index in [9.17, 15) is 4.79 Å². The maximum absolute atomic E-state index is 13.1. The van der Waals surface area contributed by atoms with Crippen LogP contribution in [0.4, 0.5) is 5.82 Å². The zero-order chi connectivity index (χ0) is 19.8. The Kier molecular flexibility index (Phi) is 4.48. The summed E-state index contributed by atoms with van der Waals surface area (Å²) in [5, 5.41) is 9.60. The van der Waals surface area contributed by atoms with Gasteiger partial charge in [0.15, 0.2) is 5.65 Å². The van der Waals surface area contributed by atoms with Gasteiger partial charge < -0.3 is 11.1 Å². The molecule has 1 aliphatic carbocycles. The molecule has 1 amide bonds. The number of amides is 1. The molecule has 7 nitrogen and oxygen atoms in total. The molecule has 0 unspecified atom stereocenters. The maximum Gasteiger partial charge on any atom is 0.257 e. The van der Waals surface area contributed by atoms with Gasteiger partial charge in [-0.05, 0) is 36.4 Å². The van der Waals surface area contributed by atoms with Crippen molar-refractivity contribution in [3.8, 4) is 0 Å². The fourth-order valence-electron chi connectivity index (χ4n) is 3.80. The van der Waals surface area contributed by atoms with Crippen LogP contribution in [-0.2, 0) is 0 Å². The minimum atomic E-state index is -0.214. The molecule has 146 valence electrons. The summed E-state index contributed by atoms with van der Waals surface area (Å²) in [5.41, 5.74) is 9.14. The van der Waals surface area contributed by atoms with Crippen LogP contribution in [-0.4, -0.2) is 32.8 Å². The number of aromatic nitrogens is 3. The fraction of sp³-hybridized carbons (Fsp3) is 0.238. The summed E-state index contributed by atoms with van der Waals surface area (Å²) in [6.07, 6.45) is 5.98. The van der Waals surface area contributed by atoms with Crippen molar-refractivity contribution >= 4 is 51.5 Å². The van der Waals surface area contributed by atoms with Gasteiger partial charge in [-0.3, -0.25) is 4.79 Å². The number of nitrogens with zero attached hydrogens (tertiary/aromatic N) is 4. The highest BCUT2D eigenvalue weighted by Crippen LogP contribution is 2.28. The normalized spacial score (nSPS) is 15.0. The lowest BCUT2D eigenvalue weighted by Crippen LogP contribution is -2.33. The molecule has 0 aliphatic heterocycles. The number of para-hydroxylation sites is 2. The predicted octanol–water partition coefficient (Wildman–Crippen LogP) is 3.78. The van der Waals surface area contributed by atoms with Crippen molar-refractivity contribution in [2.45, 2.75) is 31.7 Å². The zero-order valence-electron chi connectivity index (χ0n) is 15.7. The first-order valence-corrected chi connectivity index (χ1v) is 10.5. The average molecular weight is 404 g/mol. The average Bonchev–Trinajstić information content (AvgIpc) is 3.46. The lowest BCUT2D eigenvalue weighted by Gasteiger charge is -2.11. The van der Waals surface area contributed by atoms with E-state index in [1.165, 1.54) is 4.68 Å². The van der Waals surface area contributed by atoms with Crippen molar-refractivity contribution in [1.82, 2.24) is 20.0 Å². The Morgan fingerprint density at radius 2 is 1.93 bits per heavy atom. The van der Waals surface area contributed by atoms with Crippen LogP contribution in [0.1, 0.15) is 40.9 Å². The van der Waals surface area contributed by atoms with E-state index in [0.29, 0.717) is 22.2 Å². The molecule has 0 atom stereocenters. The van der Waals surface area contributed by atoms with Gasteiger partial charge >= 0.3 is 0 Å². The number of hydrogen-bond donors (Lipinski definition) is 2. The molecule has 5 rings (SSSR count). The molecule has 1 fully saturated rings.